The topological polar surface area (TPSA) is 106 Å². The molecular weight excluding hydrogens is 588 g/mol. The van der Waals surface area contributed by atoms with Gasteiger partial charge >= 0.3 is 0 Å². The van der Waals surface area contributed by atoms with Crippen LogP contribution in [-0.4, -0.2) is 36.4 Å². The predicted octanol–water partition coefficient (Wildman–Crippen LogP) is 5.64. The first-order valence-corrected chi connectivity index (χ1v) is 12.5. The van der Waals surface area contributed by atoms with Gasteiger partial charge in [0.2, 0.25) is 5.13 Å². The average Bonchev–Trinajstić information content (AvgIpc) is 3.29. The van der Waals surface area contributed by atoms with Gasteiger partial charge in [0.1, 0.15) is 35.6 Å². The van der Waals surface area contributed by atoms with Crippen LogP contribution in [0.4, 0.5) is 5.13 Å². The number of aromatic nitrogens is 2. The maximum atomic E-state index is 12.5. The zero-order chi connectivity index (χ0) is 24.5. The monoisotopic (exact) mass is 606 g/mol. The number of ether oxygens (including phenoxy) is 3. The summed E-state index contributed by atoms with van der Waals surface area (Å²) in [4.78, 5) is 12.5. The smallest absolute Gasteiger partial charge is 0.268 e. The highest BCUT2D eigenvalue weighted by molar-refractivity contribution is 9.10. The largest absolute Gasteiger partial charge is 0.493 e. The number of rotatable bonds is 10. The molecule has 2 aromatic carbocycles. The van der Waals surface area contributed by atoms with Crippen LogP contribution >= 0.6 is 43.2 Å². The number of carbonyl (C=O) groups is 1. The van der Waals surface area contributed by atoms with E-state index >= 15 is 0 Å². The number of amides is 1. The van der Waals surface area contributed by atoms with Gasteiger partial charge in [-0.25, -0.2) is 0 Å². The number of nitriles is 1. The van der Waals surface area contributed by atoms with Crippen molar-refractivity contribution in [3.05, 3.63) is 61.5 Å². The Hall–Kier alpha value is -2.94. The van der Waals surface area contributed by atoms with Crippen LogP contribution < -0.4 is 19.5 Å². The Labute approximate surface area is 217 Å². The van der Waals surface area contributed by atoms with Crippen LogP contribution in [-0.2, 0) is 11.2 Å². The molecule has 1 aromatic heterocycles. The Morgan fingerprint density at radius 2 is 1.91 bits per heavy atom. The van der Waals surface area contributed by atoms with E-state index in [-0.39, 0.29) is 12.2 Å². The predicted molar refractivity (Wildman–Crippen MR) is 137 cm³/mol. The molecule has 0 spiro atoms. The van der Waals surface area contributed by atoms with E-state index < -0.39 is 5.91 Å². The van der Waals surface area contributed by atoms with E-state index in [1.165, 1.54) is 24.5 Å². The number of nitrogens with one attached hydrogen (secondary N) is 1. The van der Waals surface area contributed by atoms with Crippen molar-refractivity contribution in [1.82, 2.24) is 10.2 Å². The van der Waals surface area contributed by atoms with E-state index in [2.05, 4.69) is 47.4 Å². The van der Waals surface area contributed by atoms with Crippen molar-refractivity contribution in [1.29, 1.82) is 5.26 Å². The minimum absolute atomic E-state index is 0.0845. The lowest BCUT2D eigenvalue weighted by atomic mass is 10.1. The molecule has 0 bridgehead atoms. The number of hydrogen-bond acceptors (Lipinski definition) is 8. The van der Waals surface area contributed by atoms with E-state index in [9.17, 15) is 10.1 Å². The highest BCUT2D eigenvalue weighted by Gasteiger charge is 2.15. The minimum Gasteiger partial charge on any atom is -0.493 e. The molecule has 0 unspecified atom stereocenters. The highest BCUT2D eigenvalue weighted by atomic mass is 79.9. The summed E-state index contributed by atoms with van der Waals surface area (Å²) < 4.78 is 18.5. The van der Waals surface area contributed by atoms with Crippen LogP contribution in [0.2, 0.25) is 0 Å². The molecule has 0 aliphatic rings. The standard InChI is InChI=1S/C23H20Br2N4O4S/c1-3-20-28-29-23(34-20)27-22(30)15(13-26)10-14-11-18(25)21(19(12-14)31-2)33-9-8-32-17-6-4-16(24)5-7-17/h4-7,10-12H,3,8-9H2,1-2H3,(H,27,29,30). The zero-order valence-corrected chi connectivity index (χ0v) is 22.3. The van der Waals surface area contributed by atoms with E-state index in [0.717, 1.165) is 15.2 Å². The number of anilines is 1. The number of aryl methyl sites for hydroxylation is 1. The van der Waals surface area contributed by atoms with Gasteiger partial charge in [-0.2, -0.15) is 5.26 Å². The molecule has 0 radical (unpaired) electrons. The molecule has 3 aromatic rings. The fraction of sp³-hybridized carbons (Fsp3) is 0.217. The number of nitrogens with zero attached hydrogens (tertiary/aromatic N) is 3. The normalized spacial score (nSPS) is 11.0. The molecular formula is C23H20Br2N4O4S. The Morgan fingerprint density at radius 1 is 1.18 bits per heavy atom. The van der Waals surface area contributed by atoms with Crippen LogP contribution in [0.1, 0.15) is 17.5 Å². The van der Waals surface area contributed by atoms with Gasteiger partial charge in [-0.3, -0.25) is 10.1 Å². The summed E-state index contributed by atoms with van der Waals surface area (Å²) >= 11 is 8.13. The van der Waals surface area contributed by atoms with Gasteiger partial charge in [-0.05, 0) is 70.4 Å². The van der Waals surface area contributed by atoms with Gasteiger partial charge in [0, 0.05) is 4.47 Å². The van der Waals surface area contributed by atoms with Gasteiger partial charge in [0.05, 0.1) is 11.6 Å². The molecule has 3 rings (SSSR count). The first kappa shape index (κ1) is 25.7. The lowest BCUT2D eigenvalue weighted by Crippen LogP contribution is -2.13. The average molecular weight is 608 g/mol. The third-order valence-corrected chi connectivity index (χ3v) is 6.43. The molecule has 0 atom stereocenters. The van der Waals surface area contributed by atoms with Crippen molar-refractivity contribution in [2.24, 2.45) is 0 Å². The molecule has 0 saturated carbocycles. The summed E-state index contributed by atoms with van der Waals surface area (Å²) in [6, 6.07) is 12.9. The Bertz CT molecular complexity index is 1220. The summed E-state index contributed by atoms with van der Waals surface area (Å²) in [6.07, 6.45) is 2.18. The van der Waals surface area contributed by atoms with Crippen molar-refractivity contribution in [2.75, 3.05) is 25.6 Å². The van der Waals surface area contributed by atoms with Crippen LogP contribution in [0.3, 0.4) is 0 Å². The third-order valence-electron chi connectivity index (χ3n) is 4.33. The Balaban J connectivity index is 1.68. The van der Waals surface area contributed by atoms with E-state index in [4.69, 9.17) is 14.2 Å². The second kappa shape index (κ2) is 12.5. The first-order valence-electron chi connectivity index (χ1n) is 10.1. The minimum atomic E-state index is -0.568. The molecule has 0 saturated heterocycles. The van der Waals surface area contributed by atoms with Crippen molar-refractivity contribution < 1.29 is 19.0 Å². The van der Waals surface area contributed by atoms with Crippen molar-refractivity contribution >= 4 is 60.3 Å². The fourth-order valence-corrected chi connectivity index (χ4v) is 4.24. The lowest BCUT2D eigenvalue weighted by molar-refractivity contribution is -0.112. The fourth-order valence-electron chi connectivity index (χ4n) is 2.72. The molecule has 11 heteroatoms. The number of carbonyl (C=O) groups excluding carboxylic acids is 1. The van der Waals surface area contributed by atoms with Crippen LogP contribution in [0.5, 0.6) is 17.2 Å². The number of hydrogen-bond donors (Lipinski definition) is 1. The zero-order valence-electron chi connectivity index (χ0n) is 18.3. The van der Waals surface area contributed by atoms with Gasteiger partial charge < -0.3 is 14.2 Å². The van der Waals surface area contributed by atoms with Gasteiger partial charge in [-0.1, -0.05) is 34.2 Å². The lowest BCUT2D eigenvalue weighted by Gasteiger charge is -2.14. The molecule has 0 fully saturated rings. The second-order valence-electron chi connectivity index (χ2n) is 6.66. The Morgan fingerprint density at radius 3 is 2.56 bits per heavy atom. The van der Waals surface area contributed by atoms with Crippen molar-refractivity contribution in [3.8, 4) is 23.3 Å². The van der Waals surface area contributed by atoms with Gasteiger partial charge in [0.25, 0.3) is 5.91 Å². The molecule has 1 heterocycles. The summed E-state index contributed by atoms with van der Waals surface area (Å²) in [5.41, 5.74) is 0.499. The molecule has 34 heavy (non-hydrogen) atoms. The summed E-state index contributed by atoms with van der Waals surface area (Å²) in [5, 5.41) is 21.1. The molecule has 176 valence electrons. The third kappa shape index (κ3) is 7.03. The van der Waals surface area contributed by atoms with E-state index in [1.54, 1.807) is 12.1 Å². The maximum absolute atomic E-state index is 12.5. The van der Waals surface area contributed by atoms with Gasteiger partial charge in [-0.15, -0.1) is 10.2 Å². The maximum Gasteiger partial charge on any atom is 0.268 e. The van der Waals surface area contributed by atoms with E-state index in [1.807, 2.05) is 37.3 Å². The summed E-state index contributed by atoms with van der Waals surface area (Å²) in [6.45, 7) is 2.57. The molecule has 8 nitrogen and oxygen atoms in total. The first-order chi connectivity index (χ1) is 16.4. The van der Waals surface area contributed by atoms with Crippen molar-refractivity contribution in [3.63, 3.8) is 0 Å². The molecule has 0 aliphatic carbocycles. The highest BCUT2D eigenvalue weighted by Crippen LogP contribution is 2.37. The van der Waals surface area contributed by atoms with E-state index in [0.29, 0.717) is 39.7 Å². The Kier molecular flexibility index (Phi) is 9.44. The quantitative estimate of drug-likeness (QED) is 0.181. The second-order valence-corrected chi connectivity index (χ2v) is 9.50. The number of halogens is 2. The van der Waals surface area contributed by atoms with Gasteiger partial charge in [0.15, 0.2) is 11.5 Å². The molecule has 1 N–H and O–H groups in total. The van der Waals surface area contributed by atoms with Crippen LogP contribution in [0, 0.1) is 11.3 Å². The van der Waals surface area contributed by atoms with Crippen molar-refractivity contribution in [2.45, 2.75) is 13.3 Å². The summed E-state index contributed by atoms with van der Waals surface area (Å²) in [5.74, 6) is 1.10. The number of benzene rings is 2. The van der Waals surface area contributed by atoms with Crippen LogP contribution in [0.25, 0.3) is 6.08 Å². The molecule has 1 amide bonds. The summed E-state index contributed by atoms with van der Waals surface area (Å²) in [7, 11) is 1.51. The SMILES string of the molecule is CCc1nnc(NC(=O)C(C#N)=Cc2cc(Br)c(OCCOc3ccc(Br)cc3)c(OC)c2)s1. The van der Waals surface area contributed by atoms with Crippen LogP contribution in [0.15, 0.2) is 50.9 Å². The molecule has 0 aliphatic heterocycles. The number of methoxy groups -OCH3 is 1.